The van der Waals surface area contributed by atoms with Crippen molar-refractivity contribution in [3.8, 4) is 12.3 Å². The maximum atomic E-state index is 11.5. The number of hydrogen-bond donors (Lipinski definition) is 0. The number of benzene rings is 1. The first-order valence-corrected chi connectivity index (χ1v) is 6.11. The average Bonchev–Trinajstić information content (AvgIpc) is 2.37. The van der Waals surface area contributed by atoms with Crippen LogP contribution in [0, 0.1) is 12.3 Å². The van der Waals surface area contributed by atoms with E-state index < -0.39 is 0 Å². The van der Waals surface area contributed by atoms with Gasteiger partial charge in [-0.15, -0.1) is 12.3 Å². The third-order valence-corrected chi connectivity index (χ3v) is 2.48. The number of rotatable bonds is 7. The Morgan fingerprint density at radius 2 is 2.11 bits per heavy atom. The quantitative estimate of drug-likeness (QED) is 0.544. The molecule has 0 unspecified atom stereocenters. The number of terminal acetylenes is 1. The van der Waals surface area contributed by atoms with Gasteiger partial charge in [0.2, 0.25) is 0 Å². The molecule has 0 aliphatic carbocycles. The van der Waals surface area contributed by atoms with Crippen molar-refractivity contribution < 1.29 is 9.53 Å². The van der Waals surface area contributed by atoms with E-state index in [4.69, 9.17) is 11.2 Å². The van der Waals surface area contributed by atoms with Gasteiger partial charge in [-0.25, -0.2) is 0 Å². The fourth-order valence-electron chi connectivity index (χ4n) is 1.67. The lowest BCUT2D eigenvalue weighted by Gasteiger charge is -2.20. The van der Waals surface area contributed by atoms with E-state index in [1.165, 1.54) is 5.56 Å². The van der Waals surface area contributed by atoms with Crippen molar-refractivity contribution in [2.45, 2.75) is 19.9 Å². The van der Waals surface area contributed by atoms with Crippen LogP contribution in [-0.2, 0) is 16.1 Å². The Morgan fingerprint density at radius 3 is 2.72 bits per heavy atom. The van der Waals surface area contributed by atoms with Gasteiger partial charge in [0.05, 0.1) is 13.2 Å². The number of nitrogens with zero attached hydrogens (tertiary/aromatic N) is 1. The molecule has 0 aromatic heterocycles. The van der Waals surface area contributed by atoms with E-state index in [1.54, 1.807) is 6.92 Å². The van der Waals surface area contributed by atoms with Crippen molar-refractivity contribution in [3.63, 3.8) is 0 Å². The summed E-state index contributed by atoms with van der Waals surface area (Å²) in [5.41, 5.74) is 1.17. The largest absolute Gasteiger partial charge is 0.465 e. The minimum atomic E-state index is -0.203. The summed E-state index contributed by atoms with van der Waals surface area (Å²) in [5.74, 6) is 2.39. The molecule has 0 atom stereocenters. The highest BCUT2D eigenvalue weighted by Crippen LogP contribution is 2.05. The van der Waals surface area contributed by atoms with E-state index in [0.29, 0.717) is 26.1 Å². The fraction of sp³-hybridized carbons (Fsp3) is 0.400. The van der Waals surface area contributed by atoms with E-state index in [-0.39, 0.29) is 12.5 Å². The van der Waals surface area contributed by atoms with E-state index >= 15 is 0 Å². The number of carbonyl (C=O) groups is 1. The lowest BCUT2D eigenvalue weighted by atomic mass is 10.2. The van der Waals surface area contributed by atoms with Crippen LogP contribution in [-0.4, -0.2) is 30.6 Å². The van der Waals surface area contributed by atoms with Crippen LogP contribution in [0.4, 0.5) is 0 Å². The summed E-state index contributed by atoms with van der Waals surface area (Å²) in [5, 5.41) is 0. The molecule has 0 radical (unpaired) electrons. The van der Waals surface area contributed by atoms with Crippen LogP contribution in [0.3, 0.4) is 0 Å². The summed E-state index contributed by atoms with van der Waals surface area (Å²) < 4.78 is 4.96. The zero-order chi connectivity index (χ0) is 13.2. The van der Waals surface area contributed by atoms with Crippen molar-refractivity contribution in [2.75, 3.05) is 19.7 Å². The average molecular weight is 245 g/mol. The van der Waals surface area contributed by atoms with Crippen LogP contribution in [0.15, 0.2) is 30.3 Å². The zero-order valence-corrected chi connectivity index (χ0v) is 10.8. The first-order chi connectivity index (χ1) is 8.76. The summed E-state index contributed by atoms with van der Waals surface area (Å²) in [6.45, 7) is 3.91. The summed E-state index contributed by atoms with van der Waals surface area (Å²) >= 11 is 0. The van der Waals surface area contributed by atoms with E-state index in [0.717, 1.165) is 0 Å². The first-order valence-electron chi connectivity index (χ1n) is 6.11. The van der Waals surface area contributed by atoms with Gasteiger partial charge in [0.15, 0.2) is 0 Å². The second kappa shape index (κ2) is 8.32. The Balaban J connectivity index is 2.55. The molecule has 0 saturated heterocycles. The van der Waals surface area contributed by atoms with Crippen molar-refractivity contribution >= 4 is 5.97 Å². The standard InChI is InChI=1S/C15H19NO2/c1-3-5-11-16(13-15(17)18-4-2)12-14-9-7-6-8-10-14/h1,6-10H,4-5,11-13H2,2H3. The van der Waals surface area contributed by atoms with E-state index in [1.807, 2.05) is 35.2 Å². The maximum Gasteiger partial charge on any atom is 0.320 e. The molecule has 0 aliphatic heterocycles. The molecular weight excluding hydrogens is 226 g/mol. The van der Waals surface area contributed by atoms with Gasteiger partial charge in [-0.3, -0.25) is 9.69 Å². The third-order valence-electron chi connectivity index (χ3n) is 2.48. The van der Waals surface area contributed by atoms with Gasteiger partial charge in [0.1, 0.15) is 0 Å². The monoisotopic (exact) mass is 245 g/mol. The Kier molecular flexibility index (Phi) is 6.60. The highest BCUT2D eigenvalue weighted by molar-refractivity contribution is 5.71. The van der Waals surface area contributed by atoms with Crippen LogP contribution in [0.5, 0.6) is 0 Å². The van der Waals surface area contributed by atoms with Crippen LogP contribution in [0.25, 0.3) is 0 Å². The Hall–Kier alpha value is -1.79. The topological polar surface area (TPSA) is 29.5 Å². The molecule has 1 aromatic rings. The zero-order valence-electron chi connectivity index (χ0n) is 10.8. The first kappa shape index (κ1) is 14.3. The molecule has 0 heterocycles. The Labute approximate surface area is 109 Å². The van der Waals surface area contributed by atoms with Gasteiger partial charge in [-0.2, -0.15) is 0 Å². The summed E-state index contributed by atoms with van der Waals surface area (Å²) in [6.07, 6.45) is 5.90. The second-order valence-corrected chi connectivity index (χ2v) is 3.96. The third kappa shape index (κ3) is 5.51. The summed E-state index contributed by atoms with van der Waals surface area (Å²) in [4.78, 5) is 13.5. The molecule has 0 spiro atoms. The predicted octanol–water partition coefficient (Wildman–Crippen LogP) is 2.08. The van der Waals surface area contributed by atoms with E-state index in [2.05, 4.69) is 5.92 Å². The molecule has 96 valence electrons. The van der Waals surface area contributed by atoms with Crippen LogP contribution < -0.4 is 0 Å². The van der Waals surface area contributed by atoms with Gasteiger partial charge < -0.3 is 4.74 Å². The van der Waals surface area contributed by atoms with Gasteiger partial charge in [0.25, 0.3) is 0 Å². The lowest BCUT2D eigenvalue weighted by molar-refractivity contribution is -0.144. The smallest absolute Gasteiger partial charge is 0.320 e. The van der Waals surface area contributed by atoms with Crippen LogP contribution in [0.2, 0.25) is 0 Å². The molecule has 3 nitrogen and oxygen atoms in total. The molecule has 0 bridgehead atoms. The van der Waals surface area contributed by atoms with Crippen molar-refractivity contribution in [2.24, 2.45) is 0 Å². The SMILES string of the molecule is C#CCCN(CC(=O)OCC)Cc1ccccc1. The van der Waals surface area contributed by atoms with Crippen molar-refractivity contribution in [3.05, 3.63) is 35.9 Å². The molecular formula is C15H19NO2. The van der Waals surface area contributed by atoms with Crippen molar-refractivity contribution in [1.82, 2.24) is 4.90 Å². The maximum absolute atomic E-state index is 11.5. The molecule has 1 aromatic carbocycles. The van der Waals surface area contributed by atoms with Gasteiger partial charge >= 0.3 is 5.97 Å². The number of hydrogen-bond acceptors (Lipinski definition) is 3. The Morgan fingerprint density at radius 1 is 1.39 bits per heavy atom. The Bertz CT molecular complexity index is 395. The minimum absolute atomic E-state index is 0.203. The highest BCUT2D eigenvalue weighted by atomic mass is 16.5. The highest BCUT2D eigenvalue weighted by Gasteiger charge is 2.11. The molecule has 0 fully saturated rings. The van der Waals surface area contributed by atoms with Crippen molar-refractivity contribution in [1.29, 1.82) is 0 Å². The van der Waals surface area contributed by atoms with Gasteiger partial charge in [0, 0.05) is 19.5 Å². The van der Waals surface area contributed by atoms with Crippen LogP contribution in [0.1, 0.15) is 18.9 Å². The normalized spacial score (nSPS) is 10.1. The second-order valence-electron chi connectivity index (χ2n) is 3.96. The predicted molar refractivity (Wildman–Crippen MR) is 71.8 cm³/mol. The van der Waals surface area contributed by atoms with Gasteiger partial charge in [-0.1, -0.05) is 30.3 Å². The number of carbonyl (C=O) groups excluding carboxylic acids is 1. The molecule has 0 aliphatic rings. The summed E-state index contributed by atoms with van der Waals surface area (Å²) in [7, 11) is 0. The number of ether oxygens (including phenoxy) is 1. The minimum Gasteiger partial charge on any atom is -0.465 e. The number of esters is 1. The molecule has 1 rings (SSSR count). The summed E-state index contributed by atoms with van der Waals surface area (Å²) in [6, 6.07) is 10.0. The lowest BCUT2D eigenvalue weighted by Crippen LogP contribution is -2.31. The molecule has 0 N–H and O–H groups in total. The molecule has 3 heteroatoms. The van der Waals surface area contributed by atoms with E-state index in [9.17, 15) is 4.79 Å². The fourth-order valence-corrected chi connectivity index (χ4v) is 1.67. The molecule has 0 amide bonds. The van der Waals surface area contributed by atoms with Crippen LogP contribution >= 0.6 is 0 Å². The molecule has 0 saturated carbocycles. The van der Waals surface area contributed by atoms with Gasteiger partial charge in [-0.05, 0) is 12.5 Å². The molecule has 18 heavy (non-hydrogen) atoms.